The largest absolute Gasteiger partial charge is 0.480 e. The van der Waals surface area contributed by atoms with Gasteiger partial charge in [0.2, 0.25) is 0 Å². The molecule has 0 saturated carbocycles. The molecule has 4 nitrogen and oxygen atoms in total. The number of ether oxygens (including phenoxy) is 1. The van der Waals surface area contributed by atoms with Crippen molar-refractivity contribution in [3.63, 3.8) is 0 Å². The zero-order valence-electron chi connectivity index (χ0n) is 11.9. The first-order chi connectivity index (χ1) is 9.97. The Morgan fingerprint density at radius 1 is 1.29 bits per heavy atom. The smallest absolute Gasteiger partial charge is 0.265 e. The molecule has 5 heteroatoms. The molecule has 0 aliphatic rings. The second kappa shape index (κ2) is 6.63. The number of rotatable bonds is 4. The van der Waals surface area contributed by atoms with Gasteiger partial charge in [0, 0.05) is 0 Å². The minimum absolute atomic E-state index is 0.250. The van der Waals surface area contributed by atoms with Gasteiger partial charge in [0.25, 0.3) is 5.91 Å². The predicted octanol–water partition coefficient (Wildman–Crippen LogP) is 3.75. The number of aryl methyl sites for hydroxylation is 1. The lowest BCUT2D eigenvalue weighted by molar-refractivity contribution is -0.122. The van der Waals surface area contributed by atoms with Crippen LogP contribution in [0.3, 0.4) is 0 Å². The molecule has 1 unspecified atom stereocenters. The van der Waals surface area contributed by atoms with Crippen LogP contribution in [-0.4, -0.2) is 12.0 Å². The van der Waals surface area contributed by atoms with Crippen molar-refractivity contribution in [3.8, 4) is 5.75 Å². The summed E-state index contributed by atoms with van der Waals surface area (Å²) in [5, 5.41) is 2.76. The van der Waals surface area contributed by atoms with E-state index < -0.39 is 6.10 Å². The van der Waals surface area contributed by atoms with Crippen LogP contribution in [0.2, 0.25) is 0 Å². The average molecular weight is 349 g/mol. The Balaban J connectivity index is 2.04. The van der Waals surface area contributed by atoms with Gasteiger partial charge >= 0.3 is 0 Å². The number of nitrogens with two attached hydrogens (primary N) is 1. The number of halogens is 1. The first-order valence-electron chi connectivity index (χ1n) is 6.55. The summed E-state index contributed by atoms with van der Waals surface area (Å²) in [5.74, 6) is 0.379. The van der Waals surface area contributed by atoms with Crippen LogP contribution >= 0.6 is 15.9 Å². The molecule has 0 fully saturated rings. The highest BCUT2D eigenvalue weighted by Gasteiger charge is 2.16. The minimum Gasteiger partial charge on any atom is -0.480 e. The quantitative estimate of drug-likeness (QED) is 0.827. The maximum Gasteiger partial charge on any atom is 0.265 e. The maximum absolute atomic E-state index is 12.1. The summed E-state index contributed by atoms with van der Waals surface area (Å²) < 4.78 is 6.49. The predicted molar refractivity (Wildman–Crippen MR) is 88.5 cm³/mol. The lowest BCUT2D eigenvalue weighted by atomic mass is 10.2. The molecular weight excluding hydrogens is 332 g/mol. The van der Waals surface area contributed by atoms with E-state index in [0.717, 1.165) is 10.0 Å². The van der Waals surface area contributed by atoms with Crippen LogP contribution in [0.4, 0.5) is 11.4 Å². The molecule has 2 aromatic rings. The van der Waals surface area contributed by atoms with Crippen LogP contribution in [-0.2, 0) is 4.79 Å². The first kappa shape index (κ1) is 15.4. The molecule has 0 spiro atoms. The Morgan fingerprint density at radius 3 is 2.67 bits per heavy atom. The minimum atomic E-state index is -0.636. The molecule has 0 aliphatic heterocycles. The SMILES string of the molecule is Cc1ccc(OC(C)C(=O)Nc2ccccc2N)c(Br)c1. The summed E-state index contributed by atoms with van der Waals surface area (Å²) in [6.07, 6.45) is -0.636. The molecule has 21 heavy (non-hydrogen) atoms. The highest BCUT2D eigenvalue weighted by atomic mass is 79.9. The fraction of sp³-hybridized carbons (Fsp3) is 0.188. The molecule has 0 radical (unpaired) electrons. The van der Waals surface area contributed by atoms with Gasteiger partial charge in [0.15, 0.2) is 6.10 Å². The summed E-state index contributed by atoms with van der Waals surface area (Å²) in [6, 6.07) is 12.8. The van der Waals surface area contributed by atoms with Crippen molar-refractivity contribution in [2.45, 2.75) is 20.0 Å². The van der Waals surface area contributed by atoms with Crippen molar-refractivity contribution in [2.75, 3.05) is 11.1 Å². The van der Waals surface area contributed by atoms with E-state index >= 15 is 0 Å². The normalized spacial score (nSPS) is 11.8. The zero-order chi connectivity index (χ0) is 15.4. The van der Waals surface area contributed by atoms with Crippen LogP contribution in [0.1, 0.15) is 12.5 Å². The number of anilines is 2. The number of para-hydroxylation sites is 2. The Kier molecular flexibility index (Phi) is 4.85. The number of hydrogen-bond acceptors (Lipinski definition) is 3. The zero-order valence-corrected chi connectivity index (χ0v) is 13.5. The second-order valence-corrected chi connectivity index (χ2v) is 5.62. The number of amides is 1. The van der Waals surface area contributed by atoms with Crippen molar-refractivity contribution in [2.24, 2.45) is 0 Å². The van der Waals surface area contributed by atoms with E-state index in [1.54, 1.807) is 19.1 Å². The molecule has 2 aromatic carbocycles. The summed E-state index contributed by atoms with van der Waals surface area (Å²) in [7, 11) is 0. The molecule has 0 bridgehead atoms. The molecule has 3 N–H and O–H groups in total. The average Bonchev–Trinajstić information content (AvgIpc) is 2.44. The van der Waals surface area contributed by atoms with E-state index in [1.165, 1.54) is 0 Å². The van der Waals surface area contributed by atoms with E-state index in [2.05, 4.69) is 21.2 Å². The second-order valence-electron chi connectivity index (χ2n) is 4.77. The Bertz CT molecular complexity index is 658. The molecule has 0 aromatic heterocycles. The van der Waals surface area contributed by atoms with Gasteiger partial charge < -0.3 is 15.8 Å². The monoisotopic (exact) mass is 348 g/mol. The topological polar surface area (TPSA) is 64.3 Å². The first-order valence-corrected chi connectivity index (χ1v) is 7.35. The number of benzene rings is 2. The van der Waals surface area contributed by atoms with Gasteiger partial charge in [0.1, 0.15) is 5.75 Å². The summed E-state index contributed by atoms with van der Waals surface area (Å²) in [4.78, 5) is 12.1. The van der Waals surface area contributed by atoms with Crippen LogP contribution in [0.25, 0.3) is 0 Å². The van der Waals surface area contributed by atoms with Crippen molar-refractivity contribution < 1.29 is 9.53 Å². The third-order valence-electron chi connectivity index (χ3n) is 2.98. The number of hydrogen-bond donors (Lipinski definition) is 2. The highest BCUT2D eigenvalue weighted by Crippen LogP contribution is 2.27. The fourth-order valence-corrected chi connectivity index (χ4v) is 2.38. The molecule has 0 heterocycles. The molecule has 1 atom stereocenters. The molecular formula is C16H17BrN2O2. The lowest BCUT2D eigenvalue weighted by Gasteiger charge is -2.16. The lowest BCUT2D eigenvalue weighted by Crippen LogP contribution is -2.30. The third kappa shape index (κ3) is 3.98. The Hall–Kier alpha value is -2.01. The van der Waals surface area contributed by atoms with Gasteiger partial charge in [-0.3, -0.25) is 4.79 Å². The van der Waals surface area contributed by atoms with Crippen molar-refractivity contribution in [1.29, 1.82) is 0 Å². The molecule has 0 aliphatic carbocycles. The van der Waals surface area contributed by atoms with Crippen molar-refractivity contribution >= 4 is 33.2 Å². The van der Waals surface area contributed by atoms with Crippen molar-refractivity contribution in [1.82, 2.24) is 0 Å². The number of carbonyl (C=O) groups is 1. The number of carbonyl (C=O) groups excluding carboxylic acids is 1. The van der Waals surface area contributed by atoms with Gasteiger partial charge in [-0.15, -0.1) is 0 Å². The Labute approximate surface area is 132 Å². The third-order valence-corrected chi connectivity index (χ3v) is 3.60. The van der Waals surface area contributed by atoms with E-state index in [-0.39, 0.29) is 5.91 Å². The van der Waals surface area contributed by atoms with Gasteiger partial charge in [-0.25, -0.2) is 0 Å². The Morgan fingerprint density at radius 2 is 2.00 bits per heavy atom. The summed E-state index contributed by atoms with van der Waals surface area (Å²) in [6.45, 7) is 3.68. The van der Waals surface area contributed by atoms with E-state index in [0.29, 0.717) is 17.1 Å². The van der Waals surface area contributed by atoms with E-state index in [1.807, 2.05) is 37.3 Å². The van der Waals surface area contributed by atoms with Crippen LogP contribution in [0.5, 0.6) is 5.75 Å². The van der Waals surface area contributed by atoms with Gasteiger partial charge in [-0.2, -0.15) is 0 Å². The number of nitrogen functional groups attached to an aromatic ring is 1. The van der Waals surface area contributed by atoms with Gasteiger partial charge in [0.05, 0.1) is 15.8 Å². The molecule has 0 saturated heterocycles. The molecule has 2 rings (SSSR count). The highest BCUT2D eigenvalue weighted by molar-refractivity contribution is 9.10. The van der Waals surface area contributed by atoms with Crippen molar-refractivity contribution in [3.05, 3.63) is 52.5 Å². The molecule has 110 valence electrons. The van der Waals surface area contributed by atoms with Gasteiger partial charge in [-0.05, 0) is 59.6 Å². The van der Waals surface area contributed by atoms with Crippen LogP contribution in [0, 0.1) is 6.92 Å². The van der Waals surface area contributed by atoms with E-state index in [4.69, 9.17) is 10.5 Å². The van der Waals surface area contributed by atoms with Gasteiger partial charge in [-0.1, -0.05) is 18.2 Å². The fourth-order valence-electron chi connectivity index (χ4n) is 1.79. The standard InChI is InChI=1S/C16H17BrN2O2/c1-10-7-8-15(12(17)9-10)21-11(2)16(20)19-14-6-4-3-5-13(14)18/h3-9,11H,18H2,1-2H3,(H,19,20). The number of nitrogens with one attached hydrogen (secondary N) is 1. The van der Waals surface area contributed by atoms with Crippen LogP contribution < -0.4 is 15.8 Å². The molecule has 1 amide bonds. The van der Waals surface area contributed by atoms with Crippen LogP contribution in [0.15, 0.2) is 46.9 Å². The summed E-state index contributed by atoms with van der Waals surface area (Å²) in [5.41, 5.74) is 8.02. The summed E-state index contributed by atoms with van der Waals surface area (Å²) >= 11 is 3.43. The van der Waals surface area contributed by atoms with E-state index in [9.17, 15) is 4.79 Å². The maximum atomic E-state index is 12.1.